The van der Waals surface area contributed by atoms with E-state index in [1.54, 1.807) is 12.5 Å². The lowest BCUT2D eigenvalue weighted by Gasteiger charge is -2.21. The smallest absolute Gasteiger partial charge is 0.125 e. The number of nitrogens with two attached hydrogens (primary N) is 1. The van der Waals surface area contributed by atoms with Gasteiger partial charge in [-0.3, -0.25) is 0 Å². The molecule has 6 heteroatoms. The summed E-state index contributed by atoms with van der Waals surface area (Å²) < 4.78 is 15.8. The predicted octanol–water partition coefficient (Wildman–Crippen LogP) is 4.13. The fourth-order valence-corrected chi connectivity index (χ4v) is 3.30. The average molecular weight is 361 g/mol. The monoisotopic (exact) mass is 359 g/mol. The van der Waals surface area contributed by atoms with Crippen molar-refractivity contribution in [3.8, 4) is 5.69 Å². The van der Waals surface area contributed by atoms with Gasteiger partial charge in [-0.25, -0.2) is 9.37 Å². The van der Waals surface area contributed by atoms with Gasteiger partial charge in [0, 0.05) is 28.8 Å². The summed E-state index contributed by atoms with van der Waals surface area (Å²) in [7, 11) is 0. The van der Waals surface area contributed by atoms with Crippen molar-refractivity contribution in [2.75, 3.05) is 6.54 Å². The normalized spacial score (nSPS) is 12.9. The van der Waals surface area contributed by atoms with Crippen LogP contribution < -0.4 is 5.73 Å². The van der Waals surface area contributed by atoms with Crippen molar-refractivity contribution in [1.29, 1.82) is 0 Å². The van der Waals surface area contributed by atoms with Gasteiger partial charge in [0.25, 0.3) is 0 Å². The van der Waals surface area contributed by atoms with Crippen LogP contribution in [-0.4, -0.2) is 16.1 Å². The van der Waals surface area contributed by atoms with Crippen LogP contribution in [0.1, 0.15) is 25.5 Å². The van der Waals surface area contributed by atoms with Crippen LogP contribution in [0, 0.1) is 11.7 Å². The third-order valence-electron chi connectivity index (χ3n) is 3.33. The molecule has 0 amide bonds. The molecular formula is C14H16BrClFN3. The molecule has 0 saturated carbocycles. The first-order valence-corrected chi connectivity index (χ1v) is 7.50. The molecule has 20 heavy (non-hydrogen) atoms. The average Bonchev–Trinajstić information content (AvgIpc) is 2.77. The first-order valence-electron chi connectivity index (χ1n) is 6.33. The highest BCUT2D eigenvalue weighted by Crippen LogP contribution is 2.33. The lowest BCUT2D eigenvalue weighted by Crippen LogP contribution is -2.20. The molecule has 0 spiro atoms. The van der Waals surface area contributed by atoms with Gasteiger partial charge >= 0.3 is 0 Å². The van der Waals surface area contributed by atoms with E-state index in [1.807, 2.05) is 4.57 Å². The van der Waals surface area contributed by atoms with Crippen molar-refractivity contribution in [2.45, 2.75) is 19.8 Å². The van der Waals surface area contributed by atoms with Crippen LogP contribution in [0.25, 0.3) is 5.69 Å². The molecule has 3 nitrogen and oxygen atoms in total. The Bertz CT molecular complexity index is 589. The van der Waals surface area contributed by atoms with E-state index in [0.29, 0.717) is 27.6 Å². The van der Waals surface area contributed by atoms with Crippen LogP contribution >= 0.6 is 27.5 Å². The van der Waals surface area contributed by atoms with Gasteiger partial charge in [-0.2, -0.15) is 0 Å². The van der Waals surface area contributed by atoms with Gasteiger partial charge in [0.05, 0.1) is 17.0 Å². The summed E-state index contributed by atoms with van der Waals surface area (Å²) in [5.41, 5.74) is 7.52. The number of aromatic nitrogens is 2. The maximum Gasteiger partial charge on any atom is 0.125 e. The lowest BCUT2D eigenvalue weighted by atomic mass is 9.93. The third kappa shape index (κ3) is 2.90. The Morgan fingerprint density at radius 3 is 2.70 bits per heavy atom. The molecular weight excluding hydrogens is 345 g/mol. The van der Waals surface area contributed by atoms with Gasteiger partial charge in [-0.05, 0) is 34.0 Å². The topological polar surface area (TPSA) is 43.8 Å². The summed E-state index contributed by atoms with van der Waals surface area (Å²) in [6.07, 6.45) is 3.45. The van der Waals surface area contributed by atoms with E-state index >= 15 is 0 Å². The number of imidazole rings is 1. The highest BCUT2D eigenvalue weighted by molar-refractivity contribution is 9.10. The van der Waals surface area contributed by atoms with Crippen molar-refractivity contribution in [2.24, 2.45) is 11.7 Å². The summed E-state index contributed by atoms with van der Waals surface area (Å²) in [6.45, 7) is 4.73. The zero-order chi connectivity index (χ0) is 14.9. The standard InChI is InChI=1S/C14H16BrClFN3/c1-8(2)10(5-18)13-6-19-7-20(13)14-11(15)3-9(17)4-12(14)16/h3-4,6-8,10H,5,18H2,1-2H3. The minimum atomic E-state index is -0.383. The largest absolute Gasteiger partial charge is 0.330 e. The Morgan fingerprint density at radius 2 is 2.15 bits per heavy atom. The molecule has 0 aliphatic heterocycles. The first kappa shape index (κ1) is 15.5. The Kier molecular flexibility index (Phi) is 4.83. The Hall–Kier alpha value is -0.910. The van der Waals surface area contributed by atoms with Gasteiger partial charge in [-0.15, -0.1) is 0 Å². The van der Waals surface area contributed by atoms with Gasteiger partial charge in [0.15, 0.2) is 0 Å². The number of hydrogen-bond acceptors (Lipinski definition) is 2. The van der Waals surface area contributed by atoms with E-state index in [-0.39, 0.29) is 11.7 Å². The van der Waals surface area contributed by atoms with Crippen LogP contribution in [0.5, 0.6) is 0 Å². The maximum atomic E-state index is 13.3. The summed E-state index contributed by atoms with van der Waals surface area (Å²) in [5, 5.41) is 0.329. The molecule has 0 fully saturated rings. The summed E-state index contributed by atoms with van der Waals surface area (Å²) in [5.74, 6) is 0.144. The van der Waals surface area contributed by atoms with Crippen LogP contribution in [0.3, 0.4) is 0 Å². The Morgan fingerprint density at radius 1 is 1.45 bits per heavy atom. The van der Waals surface area contributed by atoms with Gasteiger partial charge in [0.2, 0.25) is 0 Å². The quantitative estimate of drug-likeness (QED) is 0.891. The summed E-state index contributed by atoms with van der Waals surface area (Å²) in [4.78, 5) is 4.19. The SMILES string of the molecule is CC(C)C(CN)c1cncn1-c1c(Cl)cc(F)cc1Br. The molecule has 2 N–H and O–H groups in total. The van der Waals surface area contributed by atoms with Crippen LogP contribution in [0.15, 0.2) is 29.1 Å². The molecule has 1 atom stereocenters. The van der Waals surface area contributed by atoms with Crippen LogP contribution in [-0.2, 0) is 0 Å². The second-order valence-corrected chi connectivity index (χ2v) is 6.25. The maximum absolute atomic E-state index is 13.3. The molecule has 108 valence electrons. The number of hydrogen-bond donors (Lipinski definition) is 1. The number of nitrogens with zero attached hydrogens (tertiary/aromatic N) is 2. The van der Waals surface area contributed by atoms with E-state index < -0.39 is 0 Å². The van der Waals surface area contributed by atoms with E-state index in [2.05, 4.69) is 34.8 Å². The van der Waals surface area contributed by atoms with Crippen LogP contribution in [0.2, 0.25) is 5.02 Å². The Labute approximate surface area is 131 Å². The summed E-state index contributed by atoms with van der Waals surface area (Å²) in [6, 6.07) is 2.68. The molecule has 2 rings (SSSR count). The van der Waals surface area contributed by atoms with Crippen molar-refractivity contribution in [3.63, 3.8) is 0 Å². The molecule has 1 aromatic heterocycles. The van der Waals surface area contributed by atoms with Crippen molar-refractivity contribution >= 4 is 27.5 Å². The molecule has 0 aliphatic rings. The van der Waals surface area contributed by atoms with E-state index in [0.717, 1.165) is 5.69 Å². The molecule has 1 unspecified atom stereocenters. The van der Waals surface area contributed by atoms with Gasteiger partial charge in [0.1, 0.15) is 5.82 Å². The number of halogens is 3. The summed E-state index contributed by atoms with van der Waals surface area (Å²) >= 11 is 9.53. The molecule has 0 bridgehead atoms. The minimum absolute atomic E-state index is 0.158. The molecule has 0 radical (unpaired) electrons. The molecule has 0 saturated heterocycles. The van der Waals surface area contributed by atoms with Gasteiger partial charge in [-0.1, -0.05) is 25.4 Å². The van der Waals surface area contributed by atoms with Crippen molar-refractivity contribution < 1.29 is 4.39 Å². The van der Waals surface area contributed by atoms with Crippen LogP contribution in [0.4, 0.5) is 4.39 Å². The first-order chi connectivity index (χ1) is 9.45. The second-order valence-electron chi connectivity index (χ2n) is 4.99. The minimum Gasteiger partial charge on any atom is -0.330 e. The third-order valence-corrected chi connectivity index (χ3v) is 4.22. The molecule has 2 aromatic rings. The van der Waals surface area contributed by atoms with E-state index in [4.69, 9.17) is 17.3 Å². The molecule has 1 aromatic carbocycles. The predicted molar refractivity (Wildman–Crippen MR) is 82.9 cm³/mol. The zero-order valence-corrected chi connectivity index (χ0v) is 13.6. The van der Waals surface area contributed by atoms with E-state index in [9.17, 15) is 4.39 Å². The fraction of sp³-hybridized carbons (Fsp3) is 0.357. The molecule has 1 heterocycles. The van der Waals surface area contributed by atoms with Crippen molar-refractivity contribution in [1.82, 2.24) is 9.55 Å². The lowest BCUT2D eigenvalue weighted by molar-refractivity contribution is 0.489. The Balaban J connectivity index is 2.58. The number of benzene rings is 1. The van der Waals surface area contributed by atoms with Gasteiger partial charge < -0.3 is 10.3 Å². The fourth-order valence-electron chi connectivity index (χ4n) is 2.27. The number of rotatable bonds is 4. The zero-order valence-electron chi connectivity index (χ0n) is 11.3. The van der Waals surface area contributed by atoms with E-state index in [1.165, 1.54) is 12.1 Å². The molecule has 0 aliphatic carbocycles. The highest BCUT2D eigenvalue weighted by atomic mass is 79.9. The second kappa shape index (κ2) is 6.24. The van der Waals surface area contributed by atoms with Crippen molar-refractivity contribution in [3.05, 3.63) is 45.7 Å². The highest BCUT2D eigenvalue weighted by Gasteiger charge is 2.21.